The lowest BCUT2D eigenvalue weighted by Crippen LogP contribution is -2.38. The maximum absolute atomic E-state index is 5.79. The molecule has 1 saturated heterocycles. The molecule has 10 nitrogen and oxygen atoms in total. The molecule has 0 saturated carbocycles. The summed E-state index contributed by atoms with van der Waals surface area (Å²) in [4.78, 5) is 15.5. The summed E-state index contributed by atoms with van der Waals surface area (Å²) in [5.74, 6) is 1.95. The molecule has 4 aromatic rings. The average Bonchev–Trinajstić information content (AvgIpc) is 3.52. The van der Waals surface area contributed by atoms with Gasteiger partial charge in [0.25, 0.3) is 0 Å². The van der Waals surface area contributed by atoms with Gasteiger partial charge in [0.05, 0.1) is 24.9 Å². The van der Waals surface area contributed by atoms with Crippen molar-refractivity contribution in [3.05, 3.63) is 72.6 Å². The number of hydrogen-bond donors (Lipinski definition) is 2. The lowest BCUT2D eigenvalue weighted by Gasteiger charge is -2.29. The molecular weight excluding hydrogens is 418 g/mol. The molecule has 1 atom stereocenters. The zero-order valence-electron chi connectivity index (χ0n) is 17.9. The van der Waals surface area contributed by atoms with E-state index in [1.807, 2.05) is 46.1 Å². The summed E-state index contributed by atoms with van der Waals surface area (Å²) in [6, 6.07) is 16.2. The number of nitrogens with zero attached hydrogens (tertiary/aromatic N) is 7. The maximum atomic E-state index is 5.79. The zero-order valence-corrected chi connectivity index (χ0v) is 17.9. The first-order valence-corrected chi connectivity index (χ1v) is 10.9. The number of benzene rings is 1. The lowest BCUT2D eigenvalue weighted by molar-refractivity contribution is 0.122. The Balaban J connectivity index is 1.40. The molecule has 0 aliphatic carbocycles. The molecule has 3 aromatic heterocycles. The first-order chi connectivity index (χ1) is 16.2. The third kappa shape index (κ3) is 3.75. The number of nitrogen functional groups attached to an aromatic ring is 1. The Hall–Kier alpha value is -4.02. The third-order valence-corrected chi connectivity index (χ3v) is 5.78. The number of ether oxygens (including phenoxy) is 1. The minimum atomic E-state index is 0.0838. The second kappa shape index (κ2) is 8.15. The molecule has 3 N–H and O–H groups in total. The van der Waals surface area contributed by atoms with Crippen LogP contribution in [0.1, 0.15) is 11.6 Å². The SMILES string of the molecule is Nc1nccc(-c2cc3nc(N4C=CC(c5ccccc5)N4)cc(N4CCOCC4)n3n2)n1. The molecule has 1 fully saturated rings. The molecule has 6 rings (SSSR count). The quantitative estimate of drug-likeness (QED) is 0.492. The first-order valence-electron chi connectivity index (χ1n) is 10.9. The normalized spacial score (nSPS) is 18.4. The number of morpholine rings is 1. The van der Waals surface area contributed by atoms with Crippen LogP contribution in [0.15, 0.2) is 67.0 Å². The predicted octanol–water partition coefficient (Wildman–Crippen LogP) is 2.18. The van der Waals surface area contributed by atoms with Crippen molar-refractivity contribution >= 4 is 23.2 Å². The van der Waals surface area contributed by atoms with E-state index in [9.17, 15) is 0 Å². The number of aromatic nitrogens is 5. The molecule has 33 heavy (non-hydrogen) atoms. The molecule has 1 unspecified atom stereocenters. The highest BCUT2D eigenvalue weighted by Gasteiger charge is 2.23. The third-order valence-electron chi connectivity index (χ3n) is 5.78. The van der Waals surface area contributed by atoms with Gasteiger partial charge in [-0.05, 0) is 17.7 Å². The fraction of sp³-hybridized carbons (Fsp3) is 0.217. The standard InChI is InChI=1S/C23H23N9O/c24-23-25-8-6-18(26-23)19-14-21-27-20(15-22(32(21)29-19)30-10-12-33-13-11-30)31-9-7-17(28-31)16-4-2-1-3-5-16/h1-9,14-15,17,28H,10-13H2,(H2,24,25,26). The van der Waals surface area contributed by atoms with Crippen molar-refractivity contribution in [3.63, 3.8) is 0 Å². The molecule has 2 aliphatic rings. The number of rotatable bonds is 4. The van der Waals surface area contributed by atoms with E-state index in [1.165, 1.54) is 5.56 Å². The van der Waals surface area contributed by atoms with E-state index in [-0.39, 0.29) is 12.0 Å². The van der Waals surface area contributed by atoms with Gasteiger partial charge in [0, 0.05) is 37.6 Å². The molecular formula is C23H23N9O. The molecule has 2 aliphatic heterocycles. The van der Waals surface area contributed by atoms with Crippen molar-refractivity contribution in [1.82, 2.24) is 30.0 Å². The predicted molar refractivity (Wildman–Crippen MR) is 125 cm³/mol. The molecule has 0 spiro atoms. The van der Waals surface area contributed by atoms with Crippen molar-refractivity contribution in [1.29, 1.82) is 0 Å². The van der Waals surface area contributed by atoms with Crippen LogP contribution in [0.2, 0.25) is 0 Å². The molecule has 5 heterocycles. The van der Waals surface area contributed by atoms with E-state index < -0.39 is 0 Å². The fourth-order valence-corrected chi connectivity index (χ4v) is 4.13. The van der Waals surface area contributed by atoms with Crippen molar-refractivity contribution in [2.45, 2.75) is 6.04 Å². The summed E-state index contributed by atoms with van der Waals surface area (Å²) in [5, 5.41) is 6.75. The lowest BCUT2D eigenvalue weighted by atomic mass is 10.1. The Bertz CT molecular complexity index is 1310. The van der Waals surface area contributed by atoms with Gasteiger partial charge in [0.15, 0.2) is 11.5 Å². The Kier molecular flexibility index (Phi) is 4.85. The topological polar surface area (TPSA) is 110 Å². The highest BCUT2D eigenvalue weighted by molar-refractivity contribution is 5.67. The van der Waals surface area contributed by atoms with E-state index in [0.717, 1.165) is 30.4 Å². The van der Waals surface area contributed by atoms with Crippen LogP contribution in [0.4, 0.5) is 17.6 Å². The monoisotopic (exact) mass is 441 g/mol. The van der Waals surface area contributed by atoms with Gasteiger partial charge in [-0.25, -0.2) is 20.4 Å². The minimum Gasteiger partial charge on any atom is -0.378 e. The van der Waals surface area contributed by atoms with E-state index >= 15 is 0 Å². The van der Waals surface area contributed by atoms with Crippen LogP contribution < -0.4 is 21.1 Å². The molecule has 0 radical (unpaired) electrons. The van der Waals surface area contributed by atoms with E-state index in [0.29, 0.717) is 24.6 Å². The van der Waals surface area contributed by atoms with Crippen molar-refractivity contribution < 1.29 is 4.74 Å². The van der Waals surface area contributed by atoms with Crippen molar-refractivity contribution in [3.8, 4) is 11.4 Å². The second-order valence-electron chi connectivity index (χ2n) is 7.90. The van der Waals surface area contributed by atoms with Gasteiger partial charge in [-0.3, -0.25) is 5.01 Å². The molecule has 1 aromatic carbocycles. The van der Waals surface area contributed by atoms with Gasteiger partial charge in [-0.2, -0.15) is 9.61 Å². The van der Waals surface area contributed by atoms with E-state index in [1.54, 1.807) is 12.3 Å². The molecule has 0 bridgehead atoms. The first kappa shape index (κ1) is 19.6. The largest absolute Gasteiger partial charge is 0.378 e. The molecule has 0 amide bonds. The van der Waals surface area contributed by atoms with Gasteiger partial charge < -0.3 is 15.4 Å². The van der Waals surface area contributed by atoms with Crippen LogP contribution in [0.25, 0.3) is 17.0 Å². The Labute approximate surface area is 190 Å². The van der Waals surface area contributed by atoms with Crippen molar-refractivity contribution in [2.24, 2.45) is 0 Å². The highest BCUT2D eigenvalue weighted by Crippen LogP contribution is 2.29. The highest BCUT2D eigenvalue weighted by atomic mass is 16.5. The van der Waals surface area contributed by atoms with Gasteiger partial charge in [-0.1, -0.05) is 30.3 Å². The van der Waals surface area contributed by atoms with Crippen LogP contribution in [0, 0.1) is 0 Å². The second-order valence-corrected chi connectivity index (χ2v) is 7.90. The van der Waals surface area contributed by atoms with E-state index in [2.05, 4.69) is 38.5 Å². The summed E-state index contributed by atoms with van der Waals surface area (Å²) >= 11 is 0. The van der Waals surface area contributed by atoms with Gasteiger partial charge in [0.1, 0.15) is 11.5 Å². The number of fused-ring (bicyclic) bond motifs is 1. The van der Waals surface area contributed by atoms with Crippen LogP contribution >= 0.6 is 0 Å². The van der Waals surface area contributed by atoms with Crippen LogP contribution in [0.5, 0.6) is 0 Å². The van der Waals surface area contributed by atoms with Crippen LogP contribution in [-0.2, 0) is 4.74 Å². The van der Waals surface area contributed by atoms with Gasteiger partial charge in [0.2, 0.25) is 5.95 Å². The van der Waals surface area contributed by atoms with Crippen LogP contribution in [0.3, 0.4) is 0 Å². The number of anilines is 3. The smallest absolute Gasteiger partial charge is 0.220 e. The van der Waals surface area contributed by atoms with Crippen molar-refractivity contribution in [2.75, 3.05) is 41.9 Å². The summed E-state index contributed by atoms with van der Waals surface area (Å²) < 4.78 is 7.42. The summed E-state index contributed by atoms with van der Waals surface area (Å²) in [7, 11) is 0. The Morgan fingerprint density at radius 3 is 2.67 bits per heavy atom. The molecule has 10 heteroatoms. The fourth-order valence-electron chi connectivity index (χ4n) is 4.13. The van der Waals surface area contributed by atoms with Gasteiger partial charge in [-0.15, -0.1) is 0 Å². The Morgan fingerprint density at radius 1 is 1.00 bits per heavy atom. The summed E-state index contributed by atoms with van der Waals surface area (Å²) in [6.45, 7) is 2.91. The van der Waals surface area contributed by atoms with Crippen LogP contribution in [-0.4, -0.2) is 50.9 Å². The number of nitrogens with two attached hydrogens (primary N) is 1. The zero-order chi connectivity index (χ0) is 22.2. The number of hydrazine groups is 1. The maximum Gasteiger partial charge on any atom is 0.220 e. The number of nitrogens with one attached hydrogen (secondary N) is 1. The number of hydrogen-bond acceptors (Lipinski definition) is 9. The Morgan fingerprint density at radius 2 is 1.85 bits per heavy atom. The summed E-state index contributed by atoms with van der Waals surface area (Å²) in [6.07, 6.45) is 5.77. The molecule has 166 valence electrons. The van der Waals surface area contributed by atoms with Gasteiger partial charge >= 0.3 is 0 Å². The minimum absolute atomic E-state index is 0.0838. The van der Waals surface area contributed by atoms with E-state index in [4.69, 9.17) is 20.6 Å². The summed E-state index contributed by atoms with van der Waals surface area (Å²) in [5.41, 5.74) is 12.6. The average molecular weight is 441 g/mol.